The molecular formula is C19H20N2O4S2. The molecule has 8 heteroatoms. The average Bonchev–Trinajstić information content (AvgIpc) is 3.40. The molecule has 142 valence electrons. The molecule has 6 nitrogen and oxygen atoms in total. The minimum absolute atomic E-state index is 0.0828. The van der Waals surface area contributed by atoms with Gasteiger partial charge in [0.2, 0.25) is 0 Å². The number of rotatable bonds is 8. The Morgan fingerprint density at radius 3 is 2.67 bits per heavy atom. The molecule has 1 aromatic carbocycles. The number of methoxy groups -OCH3 is 3. The lowest BCUT2D eigenvalue weighted by Crippen LogP contribution is -2.33. The van der Waals surface area contributed by atoms with Crippen LogP contribution in [0.4, 0.5) is 5.13 Å². The second-order valence-electron chi connectivity index (χ2n) is 5.51. The lowest BCUT2D eigenvalue weighted by atomic mass is 10.1. The number of hydrogen-bond donors (Lipinski definition) is 0. The van der Waals surface area contributed by atoms with Gasteiger partial charge < -0.3 is 14.2 Å². The van der Waals surface area contributed by atoms with Crippen molar-refractivity contribution in [1.82, 2.24) is 4.98 Å². The van der Waals surface area contributed by atoms with Gasteiger partial charge >= 0.3 is 0 Å². The molecule has 0 aliphatic heterocycles. The summed E-state index contributed by atoms with van der Waals surface area (Å²) in [6.45, 7) is 0.851. The van der Waals surface area contributed by atoms with E-state index in [1.165, 1.54) is 22.7 Å². The third kappa shape index (κ3) is 4.29. The third-order valence-corrected chi connectivity index (χ3v) is 5.62. The topological polar surface area (TPSA) is 60.9 Å². The van der Waals surface area contributed by atoms with Gasteiger partial charge in [-0.05, 0) is 29.6 Å². The Hall–Kier alpha value is -2.42. The van der Waals surface area contributed by atoms with Crippen LogP contribution in [0.1, 0.15) is 9.67 Å². The molecule has 0 saturated carbocycles. The number of nitrogens with zero attached hydrogens (tertiary/aromatic N) is 2. The van der Waals surface area contributed by atoms with E-state index in [0.29, 0.717) is 34.7 Å². The van der Waals surface area contributed by atoms with Crippen LogP contribution in [-0.2, 0) is 4.74 Å². The molecule has 2 aromatic heterocycles. The first-order valence-electron chi connectivity index (χ1n) is 8.20. The molecule has 0 N–H and O–H groups in total. The van der Waals surface area contributed by atoms with Crippen LogP contribution in [0.2, 0.25) is 0 Å². The van der Waals surface area contributed by atoms with E-state index in [0.717, 1.165) is 11.3 Å². The number of thiazole rings is 1. The summed E-state index contributed by atoms with van der Waals surface area (Å²) >= 11 is 2.82. The van der Waals surface area contributed by atoms with Crippen LogP contribution < -0.4 is 14.4 Å². The number of hydrogen-bond acceptors (Lipinski definition) is 7. The molecule has 0 saturated heterocycles. The maximum Gasteiger partial charge on any atom is 0.270 e. The molecule has 1 amide bonds. The van der Waals surface area contributed by atoms with Crippen LogP contribution in [-0.4, -0.2) is 45.4 Å². The molecule has 0 fully saturated rings. The van der Waals surface area contributed by atoms with Crippen LogP contribution >= 0.6 is 22.7 Å². The minimum atomic E-state index is -0.0828. The number of benzene rings is 1. The molecule has 2 heterocycles. The zero-order chi connectivity index (χ0) is 19.2. The Balaban J connectivity index is 1.95. The van der Waals surface area contributed by atoms with Crippen molar-refractivity contribution in [2.24, 2.45) is 0 Å². The Morgan fingerprint density at radius 2 is 2.00 bits per heavy atom. The van der Waals surface area contributed by atoms with E-state index in [4.69, 9.17) is 14.2 Å². The standard InChI is InChI=1S/C19H20N2O4S2/c1-23-9-8-21(18(22)17-5-4-10-26-17)19-20-15(12-27-19)14-11-13(24-2)6-7-16(14)25-3/h4-7,10-12H,8-9H2,1-3H3. The SMILES string of the molecule is COCCN(C(=O)c1cccs1)c1nc(-c2cc(OC)ccc2OC)cs1. The van der Waals surface area contributed by atoms with E-state index < -0.39 is 0 Å². The molecule has 27 heavy (non-hydrogen) atoms. The molecule has 0 aliphatic rings. The van der Waals surface area contributed by atoms with E-state index in [1.54, 1.807) is 26.2 Å². The number of carbonyl (C=O) groups excluding carboxylic acids is 1. The van der Waals surface area contributed by atoms with Gasteiger partial charge in [-0.25, -0.2) is 4.98 Å². The van der Waals surface area contributed by atoms with Gasteiger partial charge in [-0.3, -0.25) is 9.69 Å². The van der Waals surface area contributed by atoms with E-state index in [9.17, 15) is 4.79 Å². The molecule has 0 aliphatic carbocycles. The fraction of sp³-hybridized carbons (Fsp3) is 0.263. The van der Waals surface area contributed by atoms with Gasteiger partial charge in [-0.2, -0.15) is 0 Å². The summed E-state index contributed by atoms with van der Waals surface area (Å²) in [7, 11) is 4.84. The predicted molar refractivity (Wildman–Crippen MR) is 109 cm³/mol. The van der Waals surface area contributed by atoms with Crippen molar-refractivity contribution in [3.63, 3.8) is 0 Å². The molecule has 0 unspecified atom stereocenters. The number of anilines is 1. The fourth-order valence-corrected chi connectivity index (χ4v) is 4.05. The van der Waals surface area contributed by atoms with Crippen LogP contribution in [0.15, 0.2) is 41.1 Å². The maximum atomic E-state index is 12.9. The first kappa shape index (κ1) is 19.3. The van der Waals surface area contributed by atoms with Crippen molar-refractivity contribution in [2.45, 2.75) is 0 Å². The second kappa shape index (κ2) is 8.98. The first-order chi connectivity index (χ1) is 13.2. The summed E-state index contributed by atoms with van der Waals surface area (Å²) in [6, 6.07) is 9.22. The van der Waals surface area contributed by atoms with Crippen LogP contribution in [0.3, 0.4) is 0 Å². The number of thiophene rings is 1. The van der Waals surface area contributed by atoms with Crippen molar-refractivity contribution in [2.75, 3.05) is 39.4 Å². The maximum absolute atomic E-state index is 12.9. The highest BCUT2D eigenvalue weighted by atomic mass is 32.1. The number of carbonyl (C=O) groups is 1. The zero-order valence-corrected chi connectivity index (χ0v) is 16.9. The van der Waals surface area contributed by atoms with Crippen molar-refractivity contribution in [1.29, 1.82) is 0 Å². The highest BCUT2D eigenvalue weighted by molar-refractivity contribution is 7.14. The zero-order valence-electron chi connectivity index (χ0n) is 15.3. The van der Waals surface area contributed by atoms with Gasteiger partial charge in [0.05, 0.1) is 37.9 Å². The Morgan fingerprint density at radius 1 is 1.15 bits per heavy atom. The molecule has 3 aromatic rings. The third-order valence-electron chi connectivity index (χ3n) is 3.90. The van der Waals surface area contributed by atoms with Gasteiger partial charge in [0.25, 0.3) is 5.91 Å². The van der Waals surface area contributed by atoms with E-state index in [-0.39, 0.29) is 5.91 Å². The largest absolute Gasteiger partial charge is 0.497 e. The highest BCUT2D eigenvalue weighted by Crippen LogP contribution is 2.36. The smallest absolute Gasteiger partial charge is 0.270 e. The molecule has 3 rings (SSSR count). The van der Waals surface area contributed by atoms with Crippen molar-refractivity contribution in [3.8, 4) is 22.8 Å². The summed E-state index contributed by atoms with van der Waals surface area (Å²) in [5.74, 6) is 1.33. The van der Waals surface area contributed by atoms with E-state index >= 15 is 0 Å². The van der Waals surface area contributed by atoms with Crippen LogP contribution in [0, 0.1) is 0 Å². The predicted octanol–water partition coefficient (Wildman–Crippen LogP) is 4.18. The van der Waals surface area contributed by atoms with Gasteiger partial charge in [-0.1, -0.05) is 6.07 Å². The van der Waals surface area contributed by atoms with Crippen LogP contribution in [0.25, 0.3) is 11.3 Å². The quantitative estimate of drug-likeness (QED) is 0.564. The molecule has 0 atom stereocenters. The van der Waals surface area contributed by atoms with Gasteiger partial charge in [0, 0.05) is 18.1 Å². The normalized spacial score (nSPS) is 10.6. The first-order valence-corrected chi connectivity index (χ1v) is 9.96. The summed E-state index contributed by atoms with van der Waals surface area (Å²) in [4.78, 5) is 19.9. The summed E-state index contributed by atoms with van der Waals surface area (Å²) in [5.41, 5.74) is 1.54. The fourth-order valence-electron chi connectivity index (χ4n) is 2.53. The summed E-state index contributed by atoms with van der Waals surface area (Å²) in [5, 5.41) is 4.41. The second-order valence-corrected chi connectivity index (χ2v) is 7.29. The molecule has 0 spiro atoms. The number of aromatic nitrogens is 1. The van der Waals surface area contributed by atoms with E-state index in [1.807, 2.05) is 41.1 Å². The summed E-state index contributed by atoms with van der Waals surface area (Å²) < 4.78 is 15.9. The van der Waals surface area contributed by atoms with Gasteiger partial charge in [0.1, 0.15) is 11.5 Å². The molecule has 0 radical (unpaired) electrons. The monoisotopic (exact) mass is 404 g/mol. The lowest BCUT2D eigenvalue weighted by Gasteiger charge is -2.18. The molecule has 0 bridgehead atoms. The Bertz CT molecular complexity index is 893. The van der Waals surface area contributed by atoms with Crippen LogP contribution in [0.5, 0.6) is 11.5 Å². The Kier molecular flexibility index (Phi) is 6.44. The minimum Gasteiger partial charge on any atom is -0.497 e. The Labute approximate surface area is 165 Å². The highest BCUT2D eigenvalue weighted by Gasteiger charge is 2.22. The van der Waals surface area contributed by atoms with E-state index in [2.05, 4.69) is 4.98 Å². The number of ether oxygens (including phenoxy) is 3. The van der Waals surface area contributed by atoms with Gasteiger partial charge in [-0.15, -0.1) is 22.7 Å². The molecular weight excluding hydrogens is 384 g/mol. The van der Waals surface area contributed by atoms with Gasteiger partial charge in [0.15, 0.2) is 5.13 Å². The number of amides is 1. The van der Waals surface area contributed by atoms with Crippen molar-refractivity contribution in [3.05, 3.63) is 46.0 Å². The lowest BCUT2D eigenvalue weighted by molar-refractivity contribution is 0.0980. The summed E-state index contributed by atoms with van der Waals surface area (Å²) in [6.07, 6.45) is 0. The average molecular weight is 405 g/mol. The van der Waals surface area contributed by atoms with Crippen molar-refractivity contribution < 1.29 is 19.0 Å². The van der Waals surface area contributed by atoms with Crippen molar-refractivity contribution >= 4 is 33.7 Å².